The zero-order valence-electron chi connectivity index (χ0n) is 16.2. The standard InChI is InChI=1S/C23H20N2O5/c1-15-9-11-18(12-10-15)30-14-21(26)24-17-6-4-5-16(13-17)22(27)25-20-8-3-2-7-19(20)23(28)29/h2-13H,14H2,1H3,(H,24,26)(H,25,27)(H,28,29). The third-order valence-electron chi connectivity index (χ3n) is 4.21. The largest absolute Gasteiger partial charge is 0.484 e. The lowest BCUT2D eigenvalue weighted by Crippen LogP contribution is -2.20. The Labute approximate surface area is 173 Å². The molecule has 0 atom stereocenters. The minimum atomic E-state index is -1.14. The van der Waals surface area contributed by atoms with Gasteiger partial charge in [0.2, 0.25) is 0 Å². The number of hydrogen-bond acceptors (Lipinski definition) is 4. The Bertz CT molecular complexity index is 1080. The van der Waals surface area contributed by atoms with Gasteiger partial charge in [-0.2, -0.15) is 0 Å². The third kappa shape index (κ3) is 5.45. The van der Waals surface area contributed by atoms with E-state index in [4.69, 9.17) is 4.74 Å². The molecule has 0 spiro atoms. The highest BCUT2D eigenvalue weighted by Gasteiger charge is 2.14. The van der Waals surface area contributed by atoms with Crippen LogP contribution in [0.4, 0.5) is 11.4 Å². The summed E-state index contributed by atoms with van der Waals surface area (Å²) in [6.07, 6.45) is 0. The second-order valence-corrected chi connectivity index (χ2v) is 6.54. The van der Waals surface area contributed by atoms with Gasteiger partial charge in [0.15, 0.2) is 6.61 Å². The molecule has 7 heteroatoms. The molecule has 0 aliphatic carbocycles. The van der Waals surface area contributed by atoms with Gasteiger partial charge in [-0.1, -0.05) is 35.9 Å². The van der Waals surface area contributed by atoms with Gasteiger partial charge in [0.25, 0.3) is 11.8 Å². The van der Waals surface area contributed by atoms with Crippen LogP contribution in [0.15, 0.2) is 72.8 Å². The molecule has 0 aliphatic heterocycles. The first-order valence-electron chi connectivity index (χ1n) is 9.15. The highest BCUT2D eigenvalue weighted by molar-refractivity contribution is 6.08. The van der Waals surface area contributed by atoms with E-state index < -0.39 is 11.9 Å². The number of carbonyl (C=O) groups is 3. The number of aryl methyl sites for hydroxylation is 1. The Morgan fingerprint density at radius 2 is 1.63 bits per heavy atom. The second-order valence-electron chi connectivity index (χ2n) is 6.54. The molecule has 0 radical (unpaired) electrons. The number of ether oxygens (including phenoxy) is 1. The summed E-state index contributed by atoms with van der Waals surface area (Å²) in [6.45, 7) is 1.78. The molecule has 0 aliphatic rings. The van der Waals surface area contributed by atoms with Crippen molar-refractivity contribution in [3.8, 4) is 5.75 Å². The van der Waals surface area contributed by atoms with Crippen LogP contribution in [0.1, 0.15) is 26.3 Å². The summed E-state index contributed by atoms with van der Waals surface area (Å²) in [5.74, 6) is -1.42. The number of nitrogens with one attached hydrogen (secondary N) is 2. The fourth-order valence-electron chi connectivity index (χ4n) is 2.69. The van der Waals surface area contributed by atoms with E-state index in [9.17, 15) is 19.5 Å². The smallest absolute Gasteiger partial charge is 0.337 e. The summed E-state index contributed by atoms with van der Waals surface area (Å²) in [5, 5.41) is 14.5. The molecule has 0 saturated carbocycles. The monoisotopic (exact) mass is 404 g/mol. The minimum Gasteiger partial charge on any atom is -0.484 e. The van der Waals surface area contributed by atoms with Crippen LogP contribution in [0.25, 0.3) is 0 Å². The topological polar surface area (TPSA) is 105 Å². The molecule has 0 fully saturated rings. The minimum absolute atomic E-state index is 0.0106. The number of para-hydroxylation sites is 1. The van der Waals surface area contributed by atoms with Gasteiger partial charge in [-0.05, 0) is 49.4 Å². The van der Waals surface area contributed by atoms with Crippen molar-refractivity contribution in [1.82, 2.24) is 0 Å². The van der Waals surface area contributed by atoms with Crippen molar-refractivity contribution < 1.29 is 24.2 Å². The maximum absolute atomic E-state index is 12.5. The lowest BCUT2D eigenvalue weighted by molar-refractivity contribution is -0.118. The summed E-state index contributed by atoms with van der Waals surface area (Å²) >= 11 is 0. The molecule has 0 unspecified atom stereocenters. The van der Waals surface area contributed by atoms with Crippen LogP contribution in [0.3, 0.4) is 0 Å². The predicted molar refractivity (Wildman–Crippen MR) is 113 cm³/mol. The predicted octanol–water partition coefficient (Wildman–Crippen LogP) is 3.96. The van der Waals surface area contributed by atoms with Gasteiger partial charge in [-0.25, -0.2) is 4.79 Å². The number of amides is 2. The maximum Gasteiger partial charge on any atom is 0.337 e. The molecule has 0 heterocycles. The first-order valence-corrected chi connectivity index (χ1v) is 9.15. The first kappa shape index (κ1) is 20.6. The zero-order valence-corrected chi connectivity index (χ0v) is 16.2. The van der Waals surface area contributed by atoms with Crippen LogP contribution in [0.2, 0.25) is 0 Å². The van der Waals surface area contributed by atoms with Crippen LogP contribution < -0.4 is 15.4 Å². The fraction of sp³-hybridized carbons (Fsp3) is 0.0870. The van der Waals surface area contributed by atoms with Crippen molar-refractivity contribution in [2.75, 3.05) is 17.2 Å². The van der Waals surface area contributed by atoms with Crippen molar-refractivity contribution in [3.63, 3.8) is 0 Å². The molecule has 0 bridgehead atoms. The summed E-state index contributed by atoms with van der Waals surface area (Å²) in [6, 6.07) is 19.8. The summed E-state index contributed by atoms with van der Waals surface area (Å²) in [5.41, 5.74) is 1.96. The van der Waals surface area contributed by atoms with E-state index in [0.717, 1.165) is 5.56 Å². The van der Waals surface area contributed by atoms with Gasteiger partial charge < -0.3 is 20.5 Å². The molecule has 3 N–H and O–H groups in total. The molecule has 30 heavy (non-hydrogen) atoms. The van der Waals surface area contributed by atoms with Crippen LogP contribution in [-0.2, 0) is 4.79 Å². The molecular weight excluding hydrogens is 384 g/mol. The number of aromatic carboxylic acids is 1. The third-order valence-corrected chi connectivity index (χ3v) is 4.21. The van der Waals surface area contributed by atoms with Crippen molar-refractivity contribution in [2.24, 2.45) is 0 Å². The zero-order chi connectivity index (χ0) is 21.5. The van der Waals surface area contributed by atoms with E-state index in [1.54, 1.807) is 42.5 Å². The van der Waals surface area contributed by atoms with Crippen LogP contribution >= 0.6 is 0 Å². The molecule has 152 valence electrons. The Hall–Kier alpha value is -4.13. The van der Waals surface area contributed by atoms with Crippen molar-refractivity contribution in [2.45, 2.75) is 6.92 Å². The van der Waals surface area contributed by atoms with Crippen LogP contribution in [-0.4, -0.2) is 29.5 Å². The Balaban J connectivity index is 1.62. The van der Waals surface area contributed by atoms with Crippen LogP contribution in [0, 0.1) is 6.92 Å². The molecule has 3 rings (SSSR count). The van der Waals surface area contributed by atoms with Gasteiger partial charge in [-0.3, -0.25) is 9.59 Å². The van der Waals surface area contributed by atoms with E-state index in [2.05, 4.69) is 10.6 Å². The normalized spacial score (nSPS) is 10.2. The lowest BCUT2D eigenvalue weighted by atomic mass is 10.1. The van der Waals surface area contributed by atoms with E-state index in [1.807, 2.05) is 19.1 Å². The highest BCUT2D eigenvalue weighted by Crippen LogP contribution is 2.18. The highest BCUT2D eigenvalue weighted by atomic mass is 16.5. The van der Waals surface area contributed by atoms with Crippen molar-refractivity contribution >= 4 is 29.2 Å². The molecule has 2 amide bonds. The average Bonchev–Trinajstić information content (AvgIpc) is 2.74. The number of carboxylic acids is 1. The Morgan fingerprint density at radius 3 is 2.37 bits per heavy atom. The van der Waals surface area contributed by atoms with Gasteiger partial charge >= 0.3 is 5.97 Å². The molecule has 3 aromatic rings. The van der Waals surface area contributed by atoms with Crippen LogP contribution in [0.5, 0.6) is 5.75 Å². The lowest BCUT2D eigenvalue weighted by Gasteiger charge is -2.10. The fourth-order valence-corrected chi connectivity index (χ4v) is 2.69. The molecule has 7 nitrogen and oxygen atoms in total. The second kappa shape index (κ2) is 9.38. The number of rotatable bonds is 7. The molecule has 0 saturated heterocycles. The SMILES string of the molecule is Cc1ccc(OCC(=O)Nc2cccc(C(=O)Nc3ccccc3C(=O)O)c2)cc1. The van der Waals surface area contributed by atoms with E-state index in [1.165, 1.54) is 18.2 Å². The molecular formula is C23H20N2O5. The van der Waals surface area contributed by atoms with Gasteiger partial charge in [0, 0.05) is 11.3 Å². The number of hydrogen-bond donors (Lipinski definition) is 3. The number of carboxylic acid groups (broad SMARTS) is 1. The van der Waals surface area contributed by atoms with E-state index >= 15 is 0 Å². The summed E-state index contributed by atoms with van der Waals surface area (Å²) in [7, 11) is 0. The number of benzene rings is 3. The van der Waals surface area contributed by atoms with Gasteiger partial charge in [0.05, 0.1) is 11.3 Å². The van der Waals surface area contributed by atoms with Gasteiger partial charge in [0.1, 0.15) is 5.75 Å². The Morgan fingerprint density at radius 1 is 0.900 bits per heavy atom. The number of anilines is 2. The Kier molecular flexibility index (Phi) is 6.44. The quantitative estimate of drug-likeness (QED) is 0.553. The van der Waals surface area contributed by atoms with Gasteiger partial charge in [-0.15, -0.1) is 0 Å². The average molecular weight is 404 g/mol. The van der Waals surface area contributed by atoms with Crippen molar-refractivity contribution in [3.05, 3.63) is 89.5 Å². The maximum atomic E-state index is 12.5. The summed E-state index contributed by atoms with van der Waals surface area (Å²) in [4.78, 5) is 36.0. The first-order chi connectivity index (χ1) is 14.4. The number of carbonyl (C=O) groups excluding carboxylic acids is 2. The van der Waals surface area contributed by atoms with E-state index in [-0.39, 0.29) is 29.3 Å². The summed E-state index contributed by atoms with van der Waals surface area (Å²) < 4.78 is 5.44. The molecule has 3 aromatic carbocycles. The molecule has 0 aromatic heterocycles. The van der Waals surface area contributed by atoms with Crippen molar-refractivity contribution in [1.29, 1.82) is 0 Å². The van der Waals surface area contributed by atoms with E-state index in [0.29, 0.717) is 11.4 Å².